The van der Waals surface area contributed by atoms with Crippen LogP contribution in [0.1, 0.15) is 25.8 Å². The van der Waals surface area contributed by atoms with Gasteiger partial charge in [0.05, 0.1) is 29.1 Å². The second kappa shape index (κ2) is 6.80. The number of hydrazone groups is 1. The van der Waals surface area contributed by atoms with E-state index in [1.54, 1.807) is 19.9 Å². The summed E-state index contributed by atoms with van der Waals surface area (Å²) in [6.45, 7) is 3.51. The third kappa shape index (κ3) is 2.94. The van der Waals surface area contributed by atoms with Crippen LogP contribution >= 0.6 is 15.9 Å². The number of hydrogen-bond donors (Lipinski definition) is 0. The van der Waals surface area contributed by atoms with Crippen LogP contribution in [0.4, 0.5) is 5.69 Å². The molecule has 4 rings (SSSR count). The van der Waals surface area contributed by atoms with E-state index in [1.807, 2.05) is 12.2 Å². The maximum atomic E-state index is 12.7. The number of benzene rings is 1. The van der Waals surface area contributed by atoms with E-state index in [9.17, 15) is 19.7 Å². The van der Waals surface area contributed by atoms with Crippen LogP contribution in [-0.2, 0) is 9.59 Å². The number of hydrogen-bond acceptors (Lipinski definition) is 6. The van der Waals surface area contributed by atoms with Gasteiger partial charge in [0, 0.05) is 16.1 Å². The molecule has 28 heavy (non-hydrogen) atoms. The van der Waals surface area contributed by atoms with Gasteiger partial charge in [0.15, 0.2) is 0 Å². The molecule has 1 saturated carbocycles. The van der Waals surface area contributed by atoms with Crippen LogP contribution in [0.3, 0.4) is 0 Å². The van der Waals surface area contributed by atoms with Crippen molar-refractivity contribution in [3.63, 3.8) is 0 Å². The van der Waals surface area contributed by atoms with Gasteiger partial charge in [-0.15, -0.1) is 0 Å². The lowest BCUT2D eigenvalue weighted by Gasteiger charge is -2.14. The SMILES string of the molecule is CC(C)Oc1c(C=NN2C(=O)[C@@H]3[C@H](C2=O)[C@H]2C=C[C@H]3C2)cc(Br)cc1[N+](=O)[O-]. The van der Waals surface area contributed by atoms with Gasteiger partial charge in [0.1, 0.15) is 0 Å². The molecule has 2 aliphatic carbocycles. The predicted octanol–water partition coefficient (Wildman–Crippen LogP) is 3.29. The van der Waals surface area contributed by atoms with Gasteiger partial charge in [-0.2, -0.15) is 10.1 Å². The summed E-state index contributed by atoms with van der Waals surface area (Å²) in [5.74, 6) is -1.06. The summed E-state index contributed by atoms with van der Waals surface area (Å²) >= 11 is 3.24. The Bertz CT molecular complexity index is 912. The highest BCUT2D eigenvalue weighted by Crippen LogP contribution is 2.52. The van der Waals surface area contributed by atoms with Gasteiger partial charge in [-0.3, -0.25) is 19.7 Å². The van der Waals surface area contributed by atoms with E-state index < -0.39 is 4.92 Å². The first-order valence-corrected chi connectivity index (χ1v) is 9.82. The molecule has 9 heteroatoms. The zero-order valence-corrected chi connectivity index (χ0v) is 16.8. The number of halogens is 1. The van der Waals surface area contributed by atoms with Gasteiger partial charge in [0.2, 0.25) is 5.75 Å². The van der Waals surface area contributed by atoms with Crippen LogP contribution < -0.4 is 4.74 Å². The molecule has 4 atom stereocenters. The number of fused-ring (bicyclic) bond motifs is 5. The van der Waals surface area contributed by atoms with Crippen LogP contribution in [0, 0.1) is 33.8 Å². The second-order valence-electron chi connectivity index (χ2n) is 7.50. The highest BCUT2D eigenvalue weighted by molar-refractivity contribution is 9.10. The summed E-state index contributed by atoms with van der Waals surface area (Å²) in [5.41, 5.74) is 0.0937. The fourth-order valence-electron chi connectivity index (χ4n) is 4.32. The van der Waals surface area contributed by atoms with Crippen molar-refractivity contribution in [3.8, 4) is 5.75 Å². The maximum Gasteiger partial charge on any atom is 0.312 e. The number of nitrogens with zero attached hydrogens (tertiary/aromatic N) is 3. The number of carbonyl (C=O) groups is 2. The molecule has 1 saturated heterocycles. The minimum absolute atomic E-state index is 0.0491. The third-order valence-corrected chi connectivity index (χ3v) is 5.83. The van der Waals surface area contributed by atoms with Crippen LogP contribution in [0.25, 0.3) is 0 Å². The highest BCUT2D eigenvalue weighted by Gasteiger charge is 2.59. The summed E-state index contributed by atoms with van der Waals surface area (Å²) in [7, 11) is 0. The van der Waals surface area contributed by atoms with Gasteiger partial charge in [-0.25, -0.2) is 0 Å². The molecule has 2 fully saturated rings. The molecular weight excluding hydrogens is 430 g/mol. The summed E-state index contributed by atoms with van der Waals surface area (Å²) in [5, 5.41) is 16.4. The zero-order valence-electron chi connectivity index (χ0n) is 15.2. The minimum Gasteiger partial charge on any atom is -0.484 e. The number of rotatable bonds is 5. The zero-order chi connectivity index (χ0) is 20.2. The molecule has 2 bridgehead atoms. The van der Waals surface area contributed by atoms with Gasteiger partial charge < -0.3 is 4.74 Å². The smallest absolute Gasteiger partial charge is 0.312 e. The number of imide groups is 1. The average Bonchev–Trinajstić information content (AvgIpc) is 3.29. The number of allylic oxidation sites excluding steroid dienone is 2. The molecule has 0 N–H and O–H groups in total. The van der Waals surface area contributed by atoms with E-state index in [0.29, 0.717) is 10.0 Å². The first-order valence-electron chi connectivity index (χ1n) is 9.02. The molecule has 1 aromatic rings. The number of nitro groups is 1. The summed E-state index contributed by atoms with van der Waals surface area (Å²) in [6, 6.07) is 2.94. The summed E-state index contributed by atoms with van der Waals surface area (Å²) in [4.78, 5) is 36.3. The van der Waals surface area contributed by atoms with Gasteiger partial charge >= 0.3 is 5.69 Å². The largest absolute Gasteiger partial charge is 0.484 e. The Morgan fingerprint density at radius 2 is 1.86 bits per heavy atom. The van der Waals surface area contributed by atoms with E-state index in [4.69, 9.17) is 4.74 Å². The van der Waals surface area contributed by atoms with Gasteiger partial charge in [-0.05, 0) is 38.2 Å². The second-order valence-corrected chi connectivity index (χ2v) is 8.42. The van der Waals surface area contributed by atoms with Crippen molar-refractivity contribution in [2.75, 3.05) is 0 Å². The lowest BCUT2D eigenvalue weighted by molar-refractivity contribution is -0.386. The Kier molecular flexibility index (Phi) is 4.57. The van der Waals surface area contributed by atoms with Gasteiger partial charge in [0.25, 0.3) is 11.8 Å². The molecule has 8 nitrogen and oxygen atoms in total. The Morgan fingerprint density at radius 3 is 2.39 bits per heavy atom. The monoisotopic (exact) mass is 447 g/mol. The first-order chi connectivity index (χ1) is 13.3. The van der Waals surface area contributed by atoms with E-state index in [0.717, 1.165) is 11.4 Å². The van der Waals surface area contributed by atoms with Crippen molar-refractivity contribution < 1.29 is 19.2 Å². The fourth-order valence-corrected chi connectivity index (χ4v) is 4.78. The molecule has 0 spiro atoms. The molecule has 0 unspecified atom stereocenters. The van der Waals surface area contributed by atoms with E-state index in [-0.39, 0.29) is 53.0 Å². The van der Waals surface area contributed by atoms with Crippen LogP contribution in [-0.4, -0.2) is 34.1 Å². The molecule has 2 amide bonds. The van der Waals surface area contributed by atoms with E-state index >= 15 is 0 Å². The first kappa shape index (κ1) is 18.8. The molecule has 0 radical (unpaired) electrons. The standard InChI is InChI=1S/C19H18BrN3O5/c1-9(2)28-17-12(6-13(20)7-14(17)23(26)27)8-21-22-18(24)15-10-3-4-11(5-10)16(15)19(22)25/h3-4,6-11,15-16H,5H2,1-2H3/t10-,11-,15-,16+/m0/s1. The predicted molar refractivity (Wildman–Crippen MR) is 104 cm³/mol. The van der Waals surface area contributed by atoms with Crippen LogP contribution in [0.2, 0.25) is 0 Å². The van der Waals surface area contributed by atoms with E-state index in [1.165, 1.54) is 12.3 Å². The molecule has 3 aliphatic rings. The lowest BCUT2D eigenvalue weighted by atomic mass is 9.85. The van der Waals surface area contributed by atoms with Crippen molar-refractivity contribution in [1.82, 2.24) is 5.01 Å². The number of ether oxygens (including phenoxy) is 1. The quantitative estimate of drug-likeness (QED) is 0.226. The van der Waals surface area contributed by atoms with Crippen molar-refractivity contribution in [2.24, 2.45) is 28.8 Å². The highest BCUT2D eigenvalue weighted by atomic mass is 79.9. The van der Waals surface area contributed by atoms with E-state index in [2.05, 4.69) is 21.0 Å². The number of amides is 2. The Labute approximate surface area is 169 Å². The Morgan fingerprint density at radius 1 is 1.25 bits per heavy atom. The van der Waals surface area contributed by atoms with Crippen molar-refractivity contribution in [3.05, 3.63) is 44.4 Å². The average molecular weight is 448 g/mol. The maximum absolute atomic E-state index is 12.7. The Hall–Kier alpha value is -2.55. The van der Waals surface area contributed by atoms with Crippen LogP contribution in [0.15, 0.2) is 33.9 Å². The molecule has 1 aromatic carbocycles. The molecule has 1 heterocycles. The van der Waals surface area contributed by atoms with Crippen LogP contribution in [0.5, 0.6) is 5.75 Å². The minimum atomic E-state index is -0.542. The van der Waals surface area contributed by atoms with Crippen molar-refractivity contribution in [2.45, 2.75) is 26.4 Å². The van der Waals surface area contributed by atoms with Gasteiger partial charge in [-0.1, -0.05) is 28.1 Å². The number of carbonyl (C=O) groups excluding carboxylic acids is 2. The molecule has 0 aromatic heterocycles. The molecular formula is C19H18BrN3O5. The fraction of sp³-hybridized carbons (Fsp3) is 0.421. The molecule has 146 valence electrons. The Balaban J connectivity index is 1.67. The van der Waals surface area contributed by atoms with Crippen molar-refractivity contribution in [1.29, 1.82) is 0 Å². The topological polar surface area (TPSA) is 102 Å². The summed E-state index contributed by atoms with van der Waals surface area (Å²) < 4.78 is 6.10. The van der Waals surface area contributed by atoms with Crippen molar-refractivity contribution >= 4 is 39.6 Å². The normalized spacial score (nSPS) is 28.1. The molecule has 1 aliphatic heterocycles. The third-order valence-electron chi connectivity index (χ3n) is 5.37. The summed E-state index contributed by atoms with van der Waals surface area (Å²) in [6.07, 6.45) is 5.84. The lowest BCUT2D eigenvalue weighted by Crippen LogP contribution is -2.28. The number of nitro benzene ring substituents is 1.